The van der Waals surface area contributed by atoms with Crippen LogP contribution >= 0.6 is 7.82 Å². The Labute approximate surface area is 479 Å². The van der Waals surface area contributed by atoms with Crippen molar-refractivity contribution in [2.24, 2.45) is 0 Å². The standard InChI is InChI=1S/C68H114NO8P/c1-6-8-10-12-14-16-18-20-22-24-25-26-27-28-29-30-31-32-33-34-35-36-37-38-39-40-41-42-43-45-47-49-51-53-55-57-59-61-68(71)77-66(65-76-78(72,73)75-63-62-69(3,4)5)64-74-67(70)60-58-56-54-52-50-48-46-44-23-21-19-17-15-13-11-9-7-2/h8-11,14-17,20-23,25-26,28-29,31-32,46,48,52,54,66H,6-7,12-13,18-19,24,27,30,33-45,47,49-51,53,55-65H2,1-5H3/b10-8-,11-9-,16-14-,17-15-,22-20-,23-21-,26-25-,29-28-,32-31-,48-46-,54-52-. The molecule has 0 saturated carbocycles. The Hall–Kier alpha value is -3.85. The fourth-order valence-corrected chi connectivity index (χ4v) is 8.72. The Morgan fingerprint density at radius 1 is 0.397 bits per heavy atom. The first-order valence-electron chi connectivity index (χ1n) is 30.9. The van der Waals surface area contributed by atoms with Crippen LogP contribution in [0.3, 0.4) is 0 Å². The number of unbranched alkanes of at least 4 members (excludes halogenated alkanes) is 19. The van der Waals surface area contributed by atoms with Gasteiger partial charge in [-0.2, -0.15) is 0 Å². The highest BCUT2D eigenvalue weighted by atomic mass is 31.2. The zero-order valence-electron chi connectivity index (χ0n) is 50.3. The van der Waals surface area contributed by atoms with Crippen molar-refractivity contribution in [2.75, 3.05) is 47.5 Å². The van der Waals surface area contributed by atoms with E-state index in [1.54, 1.807) is 0 Å². The van der Waals surface area contributed by atoms with Gasteiger partial charge in [0.1, 0.15) is 19.8 Å². The minimum atomic E-state index is -4.66. The summed E-state index contributed by atoms with van der Waals surface area (Å²) in [7, 11) is 1.12. The molecule has 2 unspecified atom stereocenters. The fraction of sp³-hybridized carbons (Fsp3) is 0.647. The first-order chi connectivity index (χ1) is 38.0. The number of phosphoric ester groups is 1. The lowest BCUT2D eigenvalue weighted by Crippen LogP contribution is -2.37. The number of allylic oxidation sites excluding steroid dienone is 22. The van der Waals surface area contributed by atoms with Crippen molar-refractivity contribution in [3.8, 4) is 0 Å². The Balaban J connectivity index is 4.08. The van der Waals surface area contributed by atoms with Gasteiger partial charge in [0, 0.05) is 12.8 Å². The van der Waals surface area contributed by atoms with Gasteiger partial charge < -0.3 is 27.9 Å². The molecule has 0 aliphatic rings. The van der Waals surface area contributed by atoms with Gasteiger partial charge in [-0.15, -0.1) is 0 Å². The number of esters is 2. The third-order valence-corrected chi connectivity index (χ3v) is 13.6. The Morgan fingerprint density at radius 2 is 0.705 bits per heavy atom. The molecule has 0 amide bonds. The summed E-state index contributed by atoms with van der Waals surface area (Å²) < 4.78 is 34.1. The van der Waals surface area contributed by atoms with Crippen LogP contribution in [0.25, 0.3) is 0 Å². The van der Waals surface area contributed by atoms with Crippen LogP contribution in [0.5, 0.6) is 0 Å². The van der Waals surface area contributed by atoms with Gasteiger partial charge in [-0.25, -0.2) is 0 Å². The second-order valence-electron chi connectivity index (χ2n) is 21.3. The molecule has 0 aromatic heterocycles. The second kappa shape index (κ2) is 57.8. The minimum absolute atomic E-state index is 0.0450. The van der Waals surface area contributed by atoms with Gasteiger partial charge in [0.2, 0.25) is 0 Å². The molecular formula is C68H114NO8P. The Morgan fingerprint density at radius 3 is 1.06 bits per heavy atom. The summed E-state index contributed by atoms with van der Waals surface area (Å²) in [6.45, 7) is 3.94. The average molecular weight is 1100 g/mol. The van der Waals surface area contributed by atoms with Crippen molar-refractivity contribution >= 4 is 19.8 Å². The normalized spacial score (nSPS) is 14.2. The highest BCUT2D eigenvalue weighted by Gasteiger charge is 2.21. The molecule has 444 valence electrons. The average Bonchev–Trinajstić information content (AvgIpc) is 3.41. The van der Waals surface area contributed by atoms with Crippen molar-refractivity contribution in [1.82, 2.24) is 0 Å². The van der Waals surface area contributed by atoms with Crippen LogP contribution < -0.4 is 4.89 Å². The maximum atomic E-state index is 12.8. The molecule has 9 nitrogen and oxygen atoms in total. The molecular weight excluding hydrogens is 990 g/mol. The monoisotopic (exact) mass is 1100 g/mol. The van der Waals surface area contributed by atoms with Crippen LogP contribution in [0.4, 0.5) is 0 Å². The highest BCUT2D eigenvalue weighted by molar-refractivity contribution is 7.45. The van der Waals surface area contributed by atoms with Gasteiger partial charge >= 0.3 is 11.9 Å². The topological polar surface area (TPSA) is 111 Å². The predicted molar refractivity (Wildman–Crippen MR) is 332 cm³/mol. The third-order valence-electron chi connectivity index (χ3n) is 12.7. The lowest BCUT2D eigenvalue weighted by Gasteiger charge is -2.28. The van der Waals surface area contributed by atoms with Gasteiger partial charge in [0.25, 0.3) is 7.82 Å². The van der Waals surface area contributed by atoms with Crippen LogP contribution in [0.1, 0.15) is 232 Å². The van der Waals surface area contributed by atoms with Gasteiger partial charge in [0.15, 0.2) is 6.10 Å². The van der Waals surface area contributed by atoms with Gasteiger partial charge in [-0.05, 0) is 103 Å². The third kappa shape index (κ3) is 61.4. The molecule has 0 saturated heterocycles. The number of carbonyl (C=O) groups is 2. The number of hydrogen-bond donors (Lipinski definition) is 0. The summed E-state index contributed by atoms with van der Waals surface area (Å²) in [6, 6.07) is 0. The van der Waals surface area contributed by atoms with Crippen molar-refractivity contribution in [3.05, 3.63) is 134 Å². The predicted octanol–water partition coefficient (Wildman–Crippen LogP) is 19.1. The number of ether oxygens (including phenoxy) is 2. The van der Waals surface area contributed by atoms with E-state index in [0.717, 1.165) is 96.3 Å². The largest absolute Gasteiger partial charge is 0.756 e. The molecule has 0 aliphatic carbocycles. The lowest BCUT2D eigenvalue weighted by atomic mass is 10.0. The lowest BCUT2D eigenvalue weighted by molar-refractivity contribution is -0.870. The van der Waals surface area contributed by atoms with E-state index in [1.807, 2.05) is 21.1 Å². The maximum Gasteiger partial charge on any atom is 0.306 e. The molecule has 0 aromatic rings. The molecule has 78 heavy (non-hydrogen) atoms. The van der Waals surface area contributed by atoms with E-state index in [1.165, 1.54) is 96.3 Å². The summed E-state index contributed by atoms with van der Waals surface area (Å²) in [5.41, 5.74) is 0. The first kappa shape index (κ1) is 74.2. The molecule has 0 fully saturated rings. The fourth-order valence-electron chi connectivity index (χ4n) is 7.99. The number of quaternary nitrogens is 1. The molecule has 0 N–H and O–H groups in total. The van der Waals surface area contributed by atoms with E-state index in [0.29, 0.717) is 23.9 Å². The number of rotatable bonds is 55. The van der Waals surface area contributed by atoms with Crippen LogP contribution in [0, 0.1) is 0 Å². The molecule has 0 aromatic carbocycles. The van der Waals surface area contributed by atoms with Crippen molar-refractivity contribution < 1.29 is 42.1 Å². The summed E-state index contributed by atoms with van der Waals surface area (Å²) in [4.78, 5) is 37.8. The summed E-state index contributed by atoms with van der Waals surface area (Å²) in [6.07, 6.45) is 83.9. The molecule has 0 spiro atoms. The number of hydrogen-bond acceptors (Lipinski definition) is 8. The molecule has 10 heteroatoms. The first-order valence-corrected chi connectivity index (χ1v) is 32.4. The van der Waals surface area contributed by atoms with Gasteiger partial charge in [-0.3, -0.25) is 14.2 Å². The van der Waals surface area contributed by atoms with Crippen molar-refractivity contribution in [3.63, 3.8) is 0 Å². The molecule has 0 rings (SSSR count). The number of carbonyl (C=O) groups excluding carboxylic acids is 2. The minimum Gasteiger partial charge on any atom is -0.756 e. The van der Waals surface area contributed by atoms with Crippen LogP contribution in [-0.4, -0.2) is 70.0 Å². The second-order valence-corrected chi connectivity index (χ2v) is 22.7. The summed E-state index contributed by atoms with van der Waals surface area (Å²) in [5.74, 6) is -0.905. The number of nitrogens with zero attached hydrogens (tertiary/aromatic N) is 1. The van der Waals surface area contributed by atoms with Gasteiger partial charge in [0.05, 0.1) is 27.7 Å². The van der Waals surface area contributed by atoms with Crippen LogP contribution in [0.2, 0.25) is 0 Å². The van der Waals surface area contributed by atoms with E-state index >= 15 is 0 Å². The molecule has 0 bridgehead atoms. The number of phosphoric acid groups is 1. The smallest absolute Gasteiger partial charge is 0.306 e. The SMILES string of the molecule is CC/C=C\C/C=C\C/C=C\C/C=C\C/C=C\C/C=C\CCCCCCCCCCCCCCCCCCCCC(=O)OC(COC(=O)CCC/C=C\C/C=C\C/C=C\C/C=C\C/C=C\CC)COP(=O)([O-])OCC[N+](C)(C)C. The zero-order chi connectivity index (χ0) is 57.0. The van der Waals surface area contributed by atoms with E-state index in [-0.39, 0.29) is 26.1 Å². The van der Waals surface area contributed by atoms with E-state index in [9.17, 15) is 19.0 Å². The van der Waals surface area contributed by atoms with E-state index in [2.05, 4.69) is 148 Å². The maximum absolute atomic E-state index is 12.8. The molecule has 2 atom stereocenters. The molecule has 0 aliphatic heterocycles. The highest BCUT2D eigenvalue weighted by Crippen LogP contribution is 2.38. The van der Waals surface area contributed by atoms with E-state index in [4.69, 9.17) is 18.5 Å². The summed E-state index contributed by atoms with van der Waals surface area (Å²) >= 11 is 0. The number of likely N-dealkylation sites (N-methyl/N-ethyl adjacent to an activating group) is 1. The van der Waals surface area contributed by atoms with Crippen LogP contribution in [0.15, 0.2) is 134 Å². The zero-order valence-corrected chi connectivity index (χ0v) is 51.2. The quantitative estimate of drug-likeness (QED) is 0.0195. The van der Waals surface area contributed by atoms with Crippen LogP contribution in [-0.2, 0) is 32.7 Å². The molecule has 0 heterocycles. The Bertz CT molecular complexity index is 1780. The van der Waals surface area contributed by atoms with Gasteiger partial charge in [-0.1, -0.05) is 250 Å². The van der Waals surface area contributed by atoms with Crippen molar-refractivity contribution in [2.45, 2.75) is 238 Å². The Kier molecular flexibility index (Phi) is 55.0. The van der Waals surface area contributed by atoms with Crippen molar-refractivity contribution in [1.29, 1.82) is 0 Å². The molecule has 0 radical (unpaired) electrons. The van der Waals surface area contributed by atoms with E-state index < -0.39 is 32.5 Å². The summed E-state index contributed by atoms with van der Waals surface area (Å²) in [5, 5.41) is 0.